The number of nitrogens with two attached hydrogens (primary N) is 1. The van der Waals surface area contributed by atoms with Crippen LogP contribution in [-0.2, 0) is 24.1 Å². The molecule has 0 aromatic rings. The lowest BCUT2D eigenvalue weighted by atomic mass is 10.2. The van der Waals surface area contributed by atoms with Crippen molar-refractivity contribution in [3.8, 4) is 0 Å². The van der Waals surface area contributed by atoms with Gasteiger partial charge in [0.05, 0.1) is 18.1 Å². The van der Waals surface area contributed by atoms with Crippen molar-refractivity contribution in [2.45, 2.75) is 18.6 Å². The Morgan fingerprint density at radius 1 is 1.47 bits per heavy atom. The fourth-order valence-corrected chi connectivity index (χ4v) is 3.90. The highest BCUT2D eigenvalue weighted by molar-refractivity contribution is 7.91. The Labute approximate surface area is 113 Å². The van der Waals surface area contributed by atoms with Gasteiger partial charge in [0.15, 0.2) is 9.84 Å². The number of carbonyl (C=O) groups is 1. The number of hydrogen-bond donors (Lipinski definition) is 1. The van der Waals surface area contributed by atoms with Crippen molar-refractivity contribution in [3.05, 3.63) is 0 Å². The van der Waals surface area contributed by atoms with Crippen LogP contribution in [0.4, 0.5) is 0 Å². The average molecular weight is 294 g/mol. The van der Waals surface area contributed by atoms with Crippen LogP contribution >= 0.6 is 0 Å². The molecule has 0 aliphatic carbocycles. The predicted molar refractivity (Wildman–Crippen MR) is 70.5 cm³/mol. The lowest BCUT2D eigenvalue weighted by molar-refractivity contribution is -0.144. The maximum atomic E-state index is 12.3. The number of rotatable bonds is 7. The fourth-order valence-electron chi connectivity index (χ4n) is 2.17. The molecule has 1 saturated heterocycles. The number of sulfone groups is 1. The molecule has 1 aliphatic heterocycles. The summed E-state index contributed by atoms with van der Waals surface area (Å²) >= 11 is 0. The van der Waals surface area contributed by atoms with Gasteiger partial charge in [-0.15, -0.1) is 0 Å². The van der Waals surface area contributed by atoms with Gasteiger partial charge in [0.2, 0.25) is 0 Å². The third kappa shape index (κ3) is 4.41. The highest BCUT2D eigenvalue weighted by Gasteiger charge is 2.36. The Hall–Kier alpha value is -0.700. The topological polar surface area (TPSA) is 98.9 Å². The van der Waals surface area contributed by atoms with E-state index in [4.69, 9.17) is 15.2 Å². The molecule has 2 unspecified atom stereocenters. The van der Waals surface area contributed by atoms with Crippen LogP contribution in [0.2, 0.25) is 0 Å². The summed E-state index contributed by atoms with van der Waals surface area (Å²) < 4.78 is 33.0. The predicted octanol–water partition coefficient (Wildman–Crippen LogP) is -1.38. The number of nitrogens with zero attached hydrogens (tertiary/aromatic N) is 1. The first kappa shape index (κ1) is 16.4. The molecule has 0 aromatic carbocycles. The first-order valence-electron chi connectivity index (χ1n) is 6.18. The van der Waals surface area contributed by atoms with Gasteiger partial charge in [-0.25, -0.2) is 8.42 Å². The second-order valence-electron chi connectivity index (χ2n) is 4.54. The fraction of sp³-hybridized carbons (Fsp3) is 0.909. The Bertz CT molecular complexity index is 394. The minimum absolute atomic E-state index is 0.00343. The minimum atomic E-state index is -3.04. The van der Waals surface area contributed by atoms with E-state index in [1.807, 2.05) is 0 Å². The van der Waals surface area contributed by atoms with Gasteiger partial charge in [0.1, 0.15) is 6.10 Å². The summed E-state index contributed by atoms with van der Waals surface area (Å²) in [6.45, 7) is 0.761. The van der Waals surface area contributed by atoms with Crippen molar-refractivity contribution in [2.75, 3.05) is 45.4 Å². The van der Waals surface area contributed by atoms with E-state index in [2.05, 4.69) is 0 Å². The minimum Gasteiger partial charge on any atom is -0.383 e. The molecular formula is C11H22N2O5S. The van der Waals surface area contributed by atoms with Crippen LogP contribution in [0.5, 0.6) is 0 Å². The third-order valence-corrected chi connectivity index (χ3v) is 4.99. The number of methoxy groups -OCH3 is 2. The number of hydrogen-bond acceptors (Lipinski definition) is 6. The highest BCUT2D eigenvalue weighted by Crippen LogP contribution is 2.18. The second kappa shape index (κ2) is 7.18. The lowest BCUT2D eigenvalue weighted by Gasteiger charge is -2.30. The molecule has 1 amide bonds. The van der Waals surface area contributed by atoms with Crippen molar-refractivity contribution >= 4 is 15.7 Å². The van der Waals surface area contributed by atoms with Crippen LogP contribution < -0.4 is 5.73 Å². The molecule has 0 bridgehead atoms. The summed E-state index contributed by atoms with van der Waals surface area (Å²) in [5.41, 5.74) is 5.48. The van der Waals surface area contributed by atoms with E-state index in [0.29, 0.717) is 19.6 Å². The van der Waals surface area contributed by atoms with Crippen LogP contribution in [-0.4, -0.2) is 76.8 Å². The molecule has 1 fully saturated rings. The smallest absolute Gasteiger partial charge is 0.253 e. The summed E-state index contributed by atoms with van der Waals surface area (Å²) in [4.78, 5) is 13.8. The van der Waals surface area contributed by atoms with E-state index in [0.717, 1.165) is 0 Å². The lowest BCUT2D eigenvalue weighted by Crippen LogP contribution is -2.50. The van der Waals surface area contributed by atoms with E-state index >= 15 is 0 Å². The molecule has 2 atom stereocenters. The Kier molecular flexibility index (Phi) is 6.18. The highest BCUT2D eigenvalue weighted by atomic mass is 32.2. The molecule has 1 aliphatic rings. The van der Waals surface area contributed by atoms with E-state index in [1.54, 1.807) is 0 Å². The van der Waals surface area contributed by atoms with Crippen molar-refractivity contribution in [2.24, 2.45) is 5.73 Å². The Morgan fingerprint density at radius 2 is 2.16 bits per heavy atom. The zero-order valence-electron chi connectivity index (χ0n) is 11.4. The van der Waals surface area contributed by atoms with Crippen LogP contribution in [0.3, 0.4) is 0 Å². The van der Waals surface area contributed by atoms with E-state index in [-0.39, 0.29) is 30.0 Å². The van der Waals surface area contributed by atoms with Crippen LogP contribution in [0, 0.1) is 0 Å². The molecule has 1 heterocycles. The summed E-state index contributed by atoms with van der Waals surface area (Å²) in [5.74, 6) is -0.151. The molecule has 112 valence electrons. The van der Waals surface area contributed by atoms with E-state index in [1.165, 1.54) is 19.1 Å². The molecule has 2 N–H and O–H groups in total. The van der Waals surface area contributed by atoms with Crippen molar-refractivity contribution in [1.82, 2.24) is 4.90 Å². The molecule has 0 aromatic heterocycles. The zero-order valence-corrected chi connectivity index (χ0v) is 12.2. The zero-order chi connectivity index (χ0) is 14.5. The van der Waals surface area contributed by atoms with Gasteiger partial charge in [-0.05, 0) is 6.42 Å². The monoisotopic (exact) mass is 294 g/mol. The van der Waals surface area contributed by atoms with Gasteiger partial charge in [0.25, 0.3) is 5.91 Å². The number of amides is 1. The second-order valence-corrected chi connectivity index (χ2v) is 6.77. The van der Waals surface area contributed by atoms with Gasteiger partial charge in [-0.1, -0.05) is 0 Å². The number of carbonyl (C=O) groups excluding carboxylic acids is 1. The quantitative estimate of drug-likeness (QED) is 0.621. The molecule has 0 saturated carbocycles. The number of ether oxygens (including phenoxy) is 2. The van der Waals surface area contributed by atoms with E-state index in [9.17, 15) is 13.2 Å². The first-order valence-corrected chi connectivity index (χ1v) is 8.00. The van der Waals surface area contributed by atoms with E-state index < -0.39 is 15.9 Å². The van der Waals surface area contributed by atoms with Gasteiger partial charge in [-0.2, -0.15) is 0 Å². The molecule has 1 rings (SSSR count). The molecular weight excluding hydrogens is 272 g/mol. The van der Waals surface area contributed by atoms with Gasteiger partial charge in [-0.3, -0.25) is 4.79 Å². The molecule has 8 heteroatoms. The summed E-state index contributed by atoms with van der Waals surface area (Å²) in [7, 11) is -0.100. The van der Waals surface area contributed by atoms with Crippen LogP contribution in [0.15, 0.2) is 0 Å². The largest absolute Gasteiger partial charge is 0.383 e. The van der Waals surface area contributed by atoms with Gasteiger partial charge in [0, 0.05) is 33.4 Å². The maximum absolute atomic E-state index is 12.3. The molecule has 19 heavy (non-hydrogen) atoms. The van der Waals surface area contributed by atoms with Crippen molar-refractivity contribution in [3.63, 3.8) is 0 Å². The molecule has 7 nitrogen and oxygen atoms in total. The van der Waals surface area contributed by atoms with Crippen molar-refractivity contribution < 1.29 is 22.7 Å². The summed E-state index contributed by atoms with van der Waals surface area (Å²) in [6, 6.07) is -0.308. The normalized spacial score (nSPS) is 23.2. The Balaban J connectivity index is 2.79. The maximum Gasteiger partial charge on any atom is 0.253 e. The Morgan fingerprint density at radius 3 is 2.58 bits per heavy atom. The molecule has 0 spiro atoms. The molecule has 0 radical (unpaired) electrons. The standard InChI is InChI=1S/C11H22N2O5S/c1-17-5-4-13(11(14)10(7-12)18-2)9-3-6-19(15,16)8-9/h9-10H,3-8,12H2,1-2H3. The van der Waals surface area contributed by atoms with Gasteiger partial charge < -0.3 is 20.1 Å². The summed E-state index contributed by atoms with van der Waals surface area (Å²) in [6.07, 6.45) is -0.279. The summed E-state index contributed by atoms with van der Waals surface area (Å²) in [5, 5.41) is 0. The SMILES string of the molecule is COCCN(C(=O)C(CN)OC)C1CCS(=O)(=O)C1. The van der Waals surface area contributed by atoms with Crippen LogP contribution in [0.25, 0.3) is 0 Å². The average Bonchev–Trinajstić information content (AvgIpc) is 2.72. The van der Waals surface area contributed by atoms with Crippen molar-refractivity contribution in [1.29, 1.82) is 0 Å². The van der Waals surface area contributed by atoms with Crippen LogP contribution in [0.1, 0.15) is 6.42 Å². The first-order chi connectivity index (χ1) is 8.95. The third-order valence-electron chi connectivity index (χ3n) is 3.24. The van der Waals surface area contributed by atoms with Gasteiger partial charge >= 0.3 is 0 Å².